The van der Waals surface area contributed by atoms with Crippen molar-refractivity contribution >= 4 is 6.09 Å². The summed E-state index contributed by atoms with van der Waals surface area (Å²) in [7, 11) is 0. The molecule has 39 valence electrons. The summed E-state index contributed by atoms with van der Waals surface area (Å²) >= 11 is 0. The van der Waals surface area contributed by atoms with Crippen molar-refractivity contribution in [2.45, 2.75) is 6.92 Å². The first-order chi connectivity index (χ1) is 2.77. The van der Waals surface area contributed by atoms with Gasteiger partial charge in [0.25, 0.3) is 0 Å². The van der Waals surface area contributed by atoms with E-state index in [1.165, 1.54) is 0 Å². The second-order valence-corrected chi connectivity index (χ2v) is 0.752. The van der Waals surface area contributed by atoms with E-state index in [4.69, 9.17) is 0 Å². The van der Waals surface area contributed by atoms with E-state index in [1.54, 1.807) is 6.92 Å². The predicted octanol–water partition coefficient (Wildman–Crippen LogP) is 0.102. The van der Waals surface area contributed by atoms with Crippen LogP contribution in [-0.2, 0) is 4.74 Å². The number of hydrogen-bond acceptors (Lipinski definition) is 2. The molecule has 0 atom stereocenters. The fraction of sp³-hybridized carbons (Fsp3) is 0.667. The summed E-state index contributed by atoms with van der Waals surface area (Å²) in [5, 5.41) is 0. The Kier molecular flexibility index (Phi) is 9.65. The molecule has 0 rings (SSSR count). The van der Waals surface area contributed by atoms with Crippen LogP contribution in [0.3, 0.4) is 0 Å². The Morgan fingerprint density at radius 2 is 2.29 bits per heavy atom. The van der Waals surface area contributed by atoms with Crippen molar-refractivity contribution in [2.75, 3.05) is 6.61 Å². The first-order valence-corrected chi connectivity index (χ1v) is 1.69. The first kappa shape index (κ1) is 10.4. The van der Waals surface area contributed by atoms with E-state index < -0.39 is 6.09 Å². The fourth-order valence-corrected chi connectivity index (χ4v) is 0.142. The van der Waals surface area contributed by atoms with Crippen molar-refractivity contribution in [1.29, 1.82) is 0 Å². The molecular formula is C3H7LaNO2. The molecule has 0 spiro atoms. The molecule has 0 aromatic carbocycles. The van der Waals surface area contributed by atoms with Gasteiger partial charge in [0.05, 0.1) is 6.61 Å². The normalized spacial score (nSPS) is 6.43. The quantitative estimate of drug-likeness (QED) is 0.691. The van der Waals surface area contributed by atoms with E-state index in [0.29, 0.717) is 6.61 Å². The Labute approximate surface area is 70.2 Å². The molecule has 4 heteroatoms. The molecule has 0 fully saturated rings. The van der Waals surface area contributed by atoms with Gasteiger partial charge in [0.15, 0.2) is 0 Å². The number of carbonyl (C=O) groups is 1. The van der Waals surface area contributed by atoms with Crippen LogP contribution < -0.4 is 5.73 Å². The Balaban J connectivity index is 0. The molecule has 0 saturated carbocycles. The smallest absolute Gasteiger partial charge is 0.404 e. The van der Waals surface area contributed by atoms with Crippen molar-refractivity contribution in [1.82, 2.24) is 0 Å². The molecule has 0 aliphatic carbocycles. The number of ether oxygens (including phenoxy) is 1. The molecule has 0 saturated heterocycles. The molecule has 0 aromatic rings. The molecule has 0 aliphatic rings. The van der Waals surface area contributed by atoms with Crippen molar-refractivity contribution in [3.05, 3.63) is 0 Å². The first-order valence-electron chi connectivity index (χ1n) is 1.69. The standard InChI is InChI=1S/C3H7NO2.La/c1-2-6-3(4)5;/h2H2,1H3,(H2,4,5);. The Bertz CT molecular complexity index is 56.9. The summed E-state index contributed by atoms with van der Waals surface area (Å²) < 4.78 is 4.18. The van der Waals surface area contributed by atoms with Gasteiger partial charge in [-0.25, -0.2) is 4.79 Å². The maximum absolute atomic E-state index is 9.60. The molecule has 7 heavy (non-hydrogen) atoms. The minimum Gasteiger partial charge on any atom is -0.450 e. The van der Waals surface area contributed by atoms with E-state index in [2.05, 4.69) is 10.5 Å². The topological polar surface area (TPSA) is 52.3 Å². The van der Waals surface area contributed by atoms with Crippen LogP contribution in [0.1, 0.15) is 6.92 Å². The van der Waals surface area contributed by atoms with Crippen molar-refractivity contribution in [3.63, 3.8) is 0 Å². The third kappa shape index (κ3) is 10.7. The second kappa shape index (κ2) is 6.46. The van der Waals surface area contributed by atoms with Crippen LogP contribution in [0.2, 0.25) is 0 Å². The number of hydrogen-bond donors (Lipinski definition) is 1. The summed E-state index contributed by atoms with van der Waals surface area (Å²) in [6.45, 7) is 2.06. The number of nitrogens with two attached hydrogens (primary N) is 1. The zero-order valence-corrected chi connectivity index (χ0v) is 7.80. The minimum atomic E-state index is -0.711. The minimum absolute atomic E-state index is 0. The predicted molar refractivity (Wildman–Crippen MR) is 21.2 cm³/mol. The summed E-state index contributed by atoms with van der Waals surface area (Å²) in [4.78, 5) is 9.60. The Morgan fingerprint density at radius 3 is 2.29 bits per heavy atom. The van der Waals surface area contributed by atoms with E-state index in [-0.39, 0.29) is 35.6 Å². The third-order valence-electron chi connectivity index (χ3n) is 0.287. The van der Waals surface area contributed by atoms with Crippen LogP contribution in [0.4, 0.5) is 4.79 Å². The van der Waals surface area contributed by atoms with E-state index >= 15 is 0 Å². The van der Waals surface area contributed by atoms with E-state index in [1.807, 2.05) is 0 Å². The fourth-order valence-electron chi connectivity index (χ4n) is 0.142. The van der Waals surface area contributed by atoms with Gasteiger partial charge < -0.3 is 10.5 Å². The summed E-state index contributed by atoms with van der Waals surface area (Å²) in [6.07, 6.45) is -0.711. The Hall–Kier alpha value is 0.465. The van der Waals surface area contributed by atoms with Crippen LogP contribution in [0.5, 0.6) is 0 Å². The molecule has 3 nitrogen and oxygen atoms in total. The van der Waals surface area contributed by atoms with E-state index in [0.717, 1.165) is 0 Å². The van der Waals surface area contributed by atoms with Gasteiger partial charge in [0.1, 0.15) is 0 Å². The van der Waals surface area contributed by atoms with Gasteiger partial charge in [-0.1, -0.05) is 0 Å². The van der Waals surface area contributed by atoms with Crippen LogP contribution in [0.25, 0.3) is 0 Å². The molecule has 0 aliphatic heterocycles. The average Bonchev–Trinajstić information content (AvgIpc) is 1.35. The summed E-state index contributed by atoms with van der Waals surface area (Å²) in [6, 6.07) is 0. The van der Waals surface area contributed by atoms with Gasteiger partial charge in [-0.2, -0.15) is 0 Å². The zero-order chi connectivity index (χ0) is 4.99. The molecule has 0 aromatic heterocycles. The summed E-state index contributed by atoms with van der Waals surface area (Å²) in [5.41, 5.74) is 4.54. The van der Waals surface area contributed by atoms with Gasteiger partial charge in [0.2, 0.25) is 0 Å². The largest absolute Gasteiger partial charge is 0.450 e. The van der Waals surface area contributed by atoms with Crippen LogP contribution in [0.15, 0.2) is 0 Å². The average molecular weight is 228 g/mol. The molecule has 2 N–H and O–H groups in total. The monoisotopic (exact) mass is 228 g/mol. The van der Waals surface area contributed by atoms with Gasteiger partial charge in [0, 0.05) is 35.6 Å². The van der Waals surface area contributed by atoms with Crippen LogP contribution in [-0.4, -0.2) is 12.7 Å². The van der Waals surface area contributed by atoms with Crippen molar-refractivity contribution < 1.29 is 45.1 Å². The Morgan fingerprint density at radius 1 is 1.86 bits per heavy atom. The zero-order valence-electron chi connectivity index (χ0n) is 4.18. The van der Waals surface area contributed by atoms with Crippen LogP contribution in [0, 0.1) is 35.6 Å². The number of amides is 1. The molecular weight excluding hydrogens is 221 g/mol. The molecule has 0 bridgehead atoms. The van der Waals surface area contributed by atoms with Crippen molar-refractivity contribution in [3.8, 4) is 0 Å². The van der Waals surface area contributed by atoms with Crippen LogP contribution >= 0.6 is 0 Å². The second-order valence-electron chi connectivity index (χ2n) is 0.752. The SMILES string of the molecule is CCOC(N)=O.[La]. The molecule has 0 unspecified atom stereocenters. The number of rotatable bonds is 1. The number of primary amides is 1. The van der Waals surface area contributed by atoms with Gasteiger partial charge >= 0.3 is 6.09 Å². The molecule has 1 amide bonds. The van der Waals surface area contributed by atoms with Crippen molar-refractivity contribution in [2.24, 2.45) is 5.73 Å². The van der Waals surface area contributed by atoms with Gasteiger partial charge in [-0.05, 0) is 6.92 Å². The van der Waals surface area contributed by atoms with E-state index in [9.17, 15) is 4.79 Å². The number of carbonyl (C=O) groups excluding carboxylic acids is 1. The third-order valence-corrected chi connectivity index (χ3v) is 0.287. The van der Waals surface area contributed by atoms with Gasteiger partial charge in [-0.3, -0.25) is 0 Å². The maximum Gasteiger partial charge on any atom is 0.404 e. The summed E-state index contributed by atoms with van der Waals surface area (Å²) in [5.74, 6) is 0. The molecule has 0 heterocycles. The van der Waals surface area contributed by atoms with Gasteiger partial charge in [-0.15, -0.1) is 0 Å². The molecule has 1 radical (unpaired) electrons. The maximum atomic E-state index is 9.60.